The fourth-order valence-electron chi connectivity index (χ4n) is 0.659. The fraction of sp³-hybridized carbons (Fsp3) is 0.125. The molecule has 0 saturated heterocycles. The van der Waals surface area contributed by atoms with Crippen molar-refractivity contribution in [2.24, 2.45) is 0 Å². The normalized spacial score (nSPS) is 8.09. The van der Waals surface area contributed by atoms with Crippen LogP contribution in [0.3, 0.4) is 0 Å². The van der Waals surface area contributed by atoms with Gasteiger partial charge in [0.05, 0.1) is 19.1 Å². The first-order chi connectivity index (χ1) is 4.86. The van der Waals surface area contributed by atoms with E-state index >= 15 is 0 Å². The van der Waals surface area contributed by atoms with Crippen molar-refractivity contribution in [2.45, 2.75) is 0 Å². The summed E-state index contributed by atoms with van der Waals surface area (Å²) in [6.07, 6.45) is 1.77. The average Bonchev–Trinajstić information content (AvgIpc) is 2.05. The number of benzene rings is 1. The van der Waals surface area contributed by atoms with E-state index in [4.69, 9.17) is 4.74 Å². The molecule has 0 aliphatic carbocycles. The molecule has 2 nitrogen and oxygen atoms in total. The summed E-state index contributed by atoms with van der Waals surface area (Å²) in [6, 6.07) is 6.76. The molecule has 0 aliphatic heterocycles. The molecule has 0 atom stereocenters. The molecule has 1 aromatic rings. The van der Waals surface area contributed by atoms with Crippen LogP contribution >= 0.6 is 0 Å². The van der Waals surface area contributed by atoms with Crippen LogP contribution in [0.5, 0.6) is 5.75 Å². The van der Waals surface area contributed by atoms with E-state index in [9.17, 15) is 4.79 Å². The summed E-state index contributed by atoms with van der Waals surface area (Å²) >= 11 is 0. The molecule has 0 aliphatic rings. The summed E-state index contributed by atoms with van der Waals surface area (Å²) in [7, 11) is 1.58. The molecule has 0 aromatic heterocycles. The first-order valence-electron chi connectivity index (χ1n) is 2.89. The fourth-order valence-corrected chi connectivity index (χ4v) is 0.659. The van der Waals surface area contributed by atoms with Crippen molar-refractivity contribution in [1.82, 2.24) is 0 Å². The van der Waals surface area contributed by atoms with E-state index in [0.29, 0.717) is 5.56 Å². The maximum atomic E-state index is 10.0. The van der Waals surface area contributed by atoms with Gasteiger partial charge in [-0.1, -0.05) is 12.1 Å². The van der Waals surface area contributed by atoms with Crippen molar-refractivity contribution < 1.29 is 28.4 Å². The van der Waals surface area contributed by atoms with E-state index < -0.39 is 0 Å². The van der Waals surface area contributed by atoms with Crippen molar-refractivity contribution >= 4 is 6.29 Å². The first kappa shape index (κ1) is 10.3. The maximum absolute atomic E-state index is 10.0. The van der Waals surface area contributed by atoms with Crippen molar-refractivity contribution in [3.63, 3.8) is 0 Å². The Labute approximate surface area is 77.7 Å². The van der Waals surface area contributed by atoms with Crippen LogP contribution in [0.25, 0.3) is 0 Å². The molecule has 0 unspecified atom stereocenters. The smallest absolute Gasteiger partial charge is 0.499 e. The molecule has 0 fully saturated rings. The third kappa shape index (κ3) is 2.79. The summed E-state index contributed by atoms with van der Waals surface area (Å²) in [6.45, 7) is 0. The van der Waals surface area contributed by atoms with Crippen LogP contribution in [-0.2, 0) is 4.79 Å². The topological polar surface area (TPSA) is 26.3 Å². The number of ether oxygens (including phenoxy) is 1. The zero-order chi connectivity index (χ0) is 7.40. The molecule has 11 heavy (non-hydrogen) atoms. The van der Waals surface area contributed by atoms with Crippen LogP contribution in [0.4, 0.5) is 0 Å². The number of methoxy groups -OCH3 is 1. The van der Waals surface area contributed by atoms with E-state index in [1.54, 1.807) is 37.7 Å². The van der Waals surface area contributed by atoms with Crippen LogP contribution in [0, 0.1) is 0 Å². The summed E-state index contributed by atoms with van der Waals surface area (Å²) in [4.78, 5) is 10.0. The Balaban J connectivity index is 0.000001000. The van der Waals surface area contributed by atoms with Gasteiger partial charge in [-0.15, -0.1) is 0 Å². The Bertz CT molecular complexity index is 218. The van der Waals surface area contributed by atoms with Gasteiger partial charge < -0.3 is 9.53 Å². The van der Waals surface area contributed by atoms with Crippen molar-refractivity contribution in [3.05, 3.63) is 29.8 Å². The molecule has 52 valence electrons. The summed E-state index contributed by atoms with van der Waals surface area (Å²) in [5.74, 6) is 0.749. The molecule has 0 N–H and O–H groups in total. The third-order valence-corrected chi connectivity index (χ3v) is 1.21. The molecular weight excluding hydrogens is 135 g/mol. The number of hydrogen-bond acceptors (Lipinski definition) is 2. The average molecular weight is 142 g/mol. The minimum absolute atomic E-state index is 0. The third-order valence-electron chi connectivity index (χ3n) is 1.21. The summed E-state index contributed by atoms with van der Waals surface area (Å²) in [5, 5.41) is 0. The quantitative estimate of drug-likeness (QED) is 0.358. The van der Waals surface area contributed by atoms with Gasteiger partial charge in [-0.2, -0.15) is 17.7 Å². The van der Waals surface area contributed by atoms with Gasteiger partial charge in [0.25, 0.3) is 0 Å². The Morgan fingerprint density at radius 1 is 1.27 bits per heavy atom. The predicted molar refractivity (Wildman–Crippen MR) is 37.8 cm³/mol. The van der Waals surface area contributed by atoms with Crippen LogP contribution in [0.1, 0.15) is 5.56 Å². The van der Waals surface area contributed by atoms with Gasteiger partial charge in [-0.05, 0) is 0 Å². The molecule has 1 aromatic carbocycles. The zero-order valence-corrected chi connectivity index (χ0v) is 6.63. The van der Waals surface area contributed by atoms with E-state index in [-0.39, 0.29) is 18.9 Å². The van der Waals surface area contributed by atoms with Gasteiger partial charge in [0, 0.05) is 0 Å². The minimum atomic E-state index is 0. The zero-order valence-electron chi connectivity index (χ0n) is 6.63. The largest absolute Gasteiger partial charge is 1.00 e. The van der Waals surface area contributed by atoms with Crippen LogP contribution < -0.4 is 23.6 Å². The second-order valence-corrected chi connectivity index (χ2v) is 1.83. The number of rotatable bonds is 2. The maximum Gasteiger partial charge on any atom is 1.00 e. The monoisotopic (exact) mass is 142 g/mol. The molecule has 0 amide bonds. The Morgan fingerprint density at radius 2 is 1.82 bits per heavy atom. The van der Waals surface area contributed by atoms with Crippen LogP contribution in [0.15, 0.2) is 24.3 Å². The van der Waals surface area contributed by atoms with Gasteiger partial charge in [-0.25, -0.2) is 0 Å². The predicted octanol–water partition coefficient (Wildman–Crippen LogP) is -1.84. The van der Waals surface area contributed by atoms with E-state index in [1.165, 1.54) is 0 Å². The molecule has 0 spiro atoms. The Morgan fingerprint density at radius 3 is 2.18 bits per heavy atom. The molecule has 0 bridgehead atoms. The SMILES string of the molecule is COc1ccc([C-]=O)cc1.[Li+]. The molecular formula is C8H7LiO2. The summed E-state index contributed by atoms with van der Waals surface area (Å²) < 4.78 is 4.88. The minimum Gasteiger partial charge on any atom is -0.499 e. The number of hydrogen-bond donors (Lipinski definition) is 0. The van der Waals surface area contributed by atoms with Crippen molar-refractivity contribution in [1.29, 1.82) is 0 Å². The van der Waals surface area contributed by atoms with Gasteiger partial charge in [0.1, 0.15) is 0 Å². The van der Waals surface area contributed by atoms with Crippen LogP contribution in [-0.4, -0.2) is 13.4 Å². The van der Waals surface area contributed by atoms with Crippen molar-refractivity contribution in [3.8, 4) is 5.75 Å². The van der Waals surface area contributed by atoms with Gasteiger partial charge in [0.2, 0.25) is 0 Å². The van der Waals surface area contributed by atoms with Gasteiger partial charge >= 0.3 is 18.9 Å². The van der Waals surface area contributed by atoms with E-state index in [2.05, 4.69) is 0 Å². The van der Waals surface area contributed by atoms with Gasteiger partial charge in [-0.3, -0.25) is 0 Å². The Kier molecular flexibility index (Phi) is 4.68. The van der Waals surface area contributed by atoms with Crippen LogP contribution in [0.2, 0.25) is 0 Å². The second-order valence-electron chi connectivity index (χ2n) is 1.83. The molecule has 0 saturated carbocycles. The Hall–Kier alpha value is -0.713. The standard InChI is InChI=1S/C8H7O2.Li/c1-10-8-4-2-7(6-9)3-5-8;/h2-5H,1H3;/q-1;+1. The molecule has 3 heteroatoms. The molecule has 0 radical (unpaired) electrons. The van der Waals surface area contributed by atoms with E-state index in [0.717, 1.165) is 5.75 Å². The second kappa shape index (κ2) is 5.01. The number of carbonyl (C=O) groups excluding carboxylic acids is 1. The van der Waals surface area contributed by atoms with E-state index in [1.807, 2.05) is 0 Å². The summed E-state index contributed by atoms with van der Waals surface area (Å²) in [5.41, 5.74) is 0.542. The molecule has 1 rings (SSSR count). The van der Waals surface area contributed by atoms with Gasteiger partial charge in [0.15, 0.2) is 0 Å². The molecule has 0 heterocycles. The van der Waals surface area contributed by atoms with Crippen molar-refractivity contribution in [2.75, 3.05) is 7.11 Å². The first-order valence-corrected chi connectivity index (χ1v) is 2.89.